The maximum atomic E-state index is 12.5. The van der Waals surface area contributed by atoms with E-state index in [0.717, 1.165) is 54.8 Å². The molecule has 0 amide bonds. The van der Waals surface area contributed by atoms with E-state index in [2.05, 4.69) is 38.4 Å². The number of aromatic nitrogens is 3. The summed E-state index contributed by atoms with van der Waals surface area (Å²) in [6, 6.07) is 1.98. The van der Waals surface area contributed by atoms with E-state index >= 15 is 0 Å². The number of rotatable bonds is 9. The number of aryl methyl sites for hydroxylation is 3. The number of fused-ring (bicyclic) bond motifs is 1. The van der Waals surface area contributed by atoms with Gasteiger partial charge in [0, 0.05) is 26.6 Å². The van der Waals surface area contributed by atoms with Gasteiger partial charge in [0.05, 0.1) is 44.5 Å². The summed E-state index contributed by atoms with van der Waals surface area (Å²) in [5, 5.41) is 8.25. The van der Waals surface area contributed by atoms with E-state index in [1.807, 2.05) is 24.6 Å². The van der Waals surface area contributed by atoms with Gasteiger partial charge in [0.2, 0.25) is 5.88 Å². The van der Waals surface area contributed by atoms with E-state index in [1.54, 1.807) is 28.9 Å². The van der Waals surface area contributed by atoms with Crippen LogP contribution in [0.25, 0.3) is 15.3 Å². The second kappa shape index (κ2) is 10.9. The molecule has 0 saturated heterocycles. The van der Waals surface area contributed by atoms with Crippen LogP contribution in [0.15, 0.2) is 30.5 Å². The highest BCUT2D eigenvalue weighted by molar-refractivity contribution is 7.22. The van der Waals surface area contributed by atoms with Crippen molar-refractivity contribution in [1.82, 2.24) is 15.0 Å². The van der Waals surface area contributed by atoms with Crippen molar-refractivity contribution in [2.24, 2.45) is 5.41 Å². The van der Waals surface area contributed by atoms with Crippen LogP contribution in [0.5, 0.6) is 17.4 Å². The van der Waals surface area contributed by atoms with Crippen molar-refractivity contribution in [2.75, 3.05) is 47.5 Å². The Bertz CT molecular complexity index is 1510. The molecule has 0 radical (unpaired) electrons. The summed E-state index contributed by atoms with van der Waals surface area (Å²) in [5.74, 6) is 1.76. The van der Waals surface area contributed by atoms with E-state index in [1.165, 1.54) is 18.2 Å². The van der Waals surface area contributed by atoms with Crippen molar-refractivity contribution in [3.63, 3.8) is 0 Å². The highest BCUT2D eigenvalue weighted by Crippen LogP contribution is 2.52. The van der Waals surface area contributed by atoms with Crippen molar-refractivity contribution in [1.29, 1.82) is 0 Å². The molecule has 0 bridgehead atoms. The first kappa shape index (κ1) is 28.3. The van der Waals surface area contributed by atoms with Crippen LogP contribution in [0.4, 0.5) is 0 Å². The van der Waals surface area contributed by atoms with E-state index in [0.29, 0.717) is 37.0 Å². The molecule has 1 aliphatic carbocycles. The molecule has 1 atom stereocenters. The first-order valence-corrected chi connectivity index (χ1v) is 14.9. The zero-order chi connectivity index (χ0) is 28.7. The number of hydrogen-bond acceptors (Lipinski definition) is 9. The van der Waals surface area contributed by atoms with Crippen LogP contribution < -0.4 is 14.2 Å². The van der Waals surface area contributed by atoms with E-state index in [4.69, 9.17) is 14.2 Å². The van der Waals surface area contributed by atoms with Gasteiger partial charge < -0.3 is 18.7 Å². The fourth-order valence-electron chi connectivity index (χ4n) is 4.63. The van der Waals surface area contributed by atoms with Crippen LogP contribution in [-0.2, 0) is 16.1 Å². The SMILES string of the molecule is Cc1sc(-c2sc(C)c3c2OCC(C)(COc2cnnn2CCC[N+](C)(C)C)CO3)cc1C1=CC(=O)C=CC1=O. The Balaban J connectivity index is 1.30. The van der Waals surface area contributed by atoms with Crippen LogP contribution in [-0.4, -0.2) is 78.6 Å². The molecule has 0 spiro atoms. The number of thiophene rings is 2. The van der Waals surface area contributed by atoms with Crippen LogP contribution in [0.2, 0.25) is 0 Å². The largest absolute Gasteiger partial charge is 0.488 e. The molecule has 4 heterocycles. The van der Waals surface area contributed by atoms with Crippen molar-refractivity contribution in [3.8, 4) is 27.1 Å². The quantitative estimate of drug-likeness (QED) is 0.266. The number of carbonyl (C=O) groups excluding carboxylic acids is 2. The molecule has 1 unspecified atom stereocenters. The lowest BCUT2D eigenvalue weighted by Gasteiger charge is -2.26. The van der Waals surface area contributed by atoms with Gasteiger partial charge in [-0.1, -0.05) is 5.21 Å². The Morgan fingerprint density at radius 1 is 1.07 bits per heavy atom. The number of ether oxygens (including phenoxy) is 3. The van der Waals surface area contributed by atoms with Crippen LogP contribution in [0.3, 0.4) is 0 Å². The maximum Gasteiger partial charge on any atom is 0.232 e. The first-order valence-electron chi connectivity index (χ1n) is 13.2. The van der Waals surface area contributed by atoms with Gasteiger partial charge in [-0.05, 0) is 50.6 Å². The van der Waals surface area contributed by atoms with Gasteiger partial charge in [0.25, 0.3) is 0 Å². The number of hydrogen-bond donors (Lipinski definition) is 0. The third-order valence-electron chi connectivity index (χ3n) is 6.85. The fourth-order valence-corrected chi connectivity index (χ4v) is 6.80. The molecule has 212 valence electrons. The normalized spacial score (nSPS) is 19.1. The van der Waals surface area contributed by atoms with Crippen LogP contribution in [0, 0.1) is 19.3 Å². The minimum absolute atomic E-state index is 0.159. The van der Waals surface area contributed by atoms with E-state index in [-0.39, 0.29) is 11.6 Å². The molecule has 0 N–H and O–H groups in total. The first-order chi connectivity index (χ1) is 18.9. The van der Waals surface area contributed by atoms with Gasteiger partial charge >= 0.3 is 0 Å². The zero-order valence-electron chi connectivity index (χ0n) is 23.8. The van der Waals surface area contributed by atoms with Crippen molar-refractivity contribution < 1.29 is 28.3 Å². The predicted molar refractivity (Wildman–Crippen MR) is 156 cm³/mol. The molecule has 11 heteroatoms. The number of allylic oxidation sites excluding steroid dienone is 4. The Hall–Kier alpha value is -3.28. The molecule has 9 nitrogen and oxygen atoms in total. The van der Waals surface area contributed by atoms with Gasteiger partial charge in [0.1, 0.15) is 26.0 Å². The second-order valence-corrected chi connectivity index (χ2v) is 14.2. The third kappa shape index (κ3) is 6.06. The monoisotopic (exact) mass is 583 g/mol. The van der Waals surface area contributed by atoms with Crippen molar-refractivity contribution >= 4 is 39.8 Å². The number of ketones is 2. The molecular formula is C29H35N4O5S2+. The Labute approximate surface area is 242 Å². The van der Waals surface area contributed by atoms with Crippen molar-refractivity contribution in [3.05, 3.63) is 45.8 Å². The topological polar surface area (TPSA) is 92.5 Å². The molecule has 0 fully saturated rings. The van der Waals surface area contributed by atoms with E-state index in [9.17, 15) is 9.59 Å². The van der Waals surface area contributed by atoms with Gasteiger partial charge in [-0.25, -0.2) is 4.68 Å². The number of nitrogens with zero attached hydrogens (tertiary/aromatic N) is 4. The smallest absolute Gasteiger partial charge is 0.232 e. The summed E-state index contributed by atoms with van der Waals surface area (Å²) < 4.78 is 21.7. The Morgan fingerprint density at radius 3 is 2.58 bits per heavy atom. The van der Waals surface area contributed by atoms with Gasteiger partial charge in [-0.15, -0.1) is 27.8 Å². The second-order valence-electron chi connectivity index (χ2n) is 11.7. The number of quaternary nitrogens is 1. The average Bonchev–Trinajstić information content (AvgIpc) is 3.55. The molecule has 5 rings (SSSR count). The summed E-state index contributed by atoms with van der Waals surface area (Å²) in [6.45, 7) is 9.07. The molecule has 1 aliphatic heterocycles. The Morgan fingerprint density at radius 2 is 1.82 bits per heavy atom. The van der Waals surface area contributed by atoms with Crippen LogP contribution in [0.1, 0.15) is 28.7 Å². The summed E-state index contributed by atoms with van der Waals surface area (Å²) in [4.78, 5) is 28.4. The summed E-state index contributed by atoms with van der Waals surface area (Å²) in [6.07, 6.45) is 6.68. The lowest BCUT2D eigenvalue weighted by atomic mass is 9.94. The third-order valence-corrected chi connectivity index (χ3v) is 9.15. The highest BCUT2D eigenvalue weighted by atomic mass is 32.1. The standard InChI is InChI=1S/C29H35N4O5S2/c1-18-21(22-12-20(34)8-9-23(22)35)13-24(39-18)28-27-26(19(2)40-28)37-16-29(3,17-38-27)15-36-25-14-30-31-32(25)10-7-11-33(4,5)6/h8-9,12-14H,7,10-11,15-17H2,1-6H3/q+1. The summed E-state index contributed by atoms with van der Waals surface area (Å²) in [7, 11) is 6.52. The molecule has 2 aliphatic rings. The molecular weight excluding hydrogens is 548 g/mol. The van der Waals surface area contributed by atoms with Gasteiger partial charge in [-0.3, -0.25) is 9.59 Å². The highest BCUT2D eigenvalue weighted by Gasteiger charge is 2.35. The minimum atomic E-state index is -0.402. The molecule has 3 aromatic rings. The zero-order valence-corrected chi connectivity index (χ0v) is 25.4. The Kier molecular flexibility index (Phi) is 7.73. The number of carbonyl (C=O) groups is 2. The maximum absolute atomic E-state index is 12.5. The molecule has 3 aromatic heterocycles. The lowest BCUT2D eigenvalue weighted by Crippen LogP contribution is -2.37. The van der Waals surface area contributed by atoms with Gasteiger partial charge in [-0.2, -0.15) is 0 Å². The van der Waals surface area contributed by atoms with Crippen molar-refractivity contribution in [2.45, 2.75) is 33.7 Å². The fraction of sp³-hybridized carbons (Fsp3) is 0.448. The predicted octanol–water partition coefficient (Wildman–Crippen LogP) is 4.73. The molecule has 0 saturated carbocycles. The van der Waals surface area contributed by atoms with E-state index < -0.39 is 5.41 Å². The summed E-state index contributed by atoms with van der Waals surface area (Å²) >= 11 is 3.19. The molecule has 0 aromatic carbocycles. The lowest BCUT2D eigenvalue weighted by molar-refractivity contribution is -0.870. The summed E-state index contributed by atoms with van der Waals surface area (Å²) in [5.41, 5.74) is 0.808. The molecule has 40 heavy (non-hydrogen) atoms. The minimum Gasteiger partial charge on any atom is -0.488 e. The average molecular weight is 584 g/mol. The van der Waals surface area contributed by atoms with Gasteiger partial charge in [0.15, 0.2) is 23.1 Å². The van der Waals surface area contributed by atoms with Crippen LogP contribution >= 0.6 is 22.7 Å².